The van der Waals surface area contributed by atoms with Crippen LogP contribution in [0, 0.1) is 24.7 Å². The van der Waals surface area contributed by atoms with Crippen LogP contribution in [-0.2, 0) is 0 Å². The molecule has 1 fully saturated rings. The van der Waals surface area contributed by atoms with Crippen LogP contribution in [-0.4, -0.2) is 41.9 Å². The van der Waals surface area contributed by atoms with Crippen LogP contribution in [0.1, 0.15) is 55.8 Å². The molecule has 3 rings (SSSR count). The highest BCUT2D eigenvalue weighted by Crippen LogP contribution is 2.48. The van der Waals surface area contributed by atoms with E-state index in [0.29, 0.717) is 11.8 Å². The van der Waals surface area contributed by atoms with Crippen molar-refractivity contribution in [2.24, 2.45) is 17.8 Å². The average molecular weight is 384 g/mol. The van der Waals surface area contributed by atoms with Crippen LogP contribution < -0.4 is 0 Å². The normalized spacial score (nSPS) is 28.1. The topological polar surface area (TPSA) is 43.7 Å². The fourth-order valence-electron chi connectivity index (χ4n) is 5.00. The zero-order valence-electron chi connectivity index (χ0n) is 17.7. The Labute approximate surface area is 170 Å². The molecule has 0 radical (unpaired) electrons. The van der Waals surface area contributed by atoms with Gasteiger partial charge in [0.05, 0.1) is 12.2 Å². The van der Waals surface area contributed by atoms with E-state index >= 15 is 0 Å². The Morgan fingerprint density at radius 3 is 2.71 bits per heavy atom. The zero-order chi connectivity index (χ0) is 20.1. The lowest BCUT2D eigenvalue weighted by molar-refractivity contribution is 0.140. The van der Waals surface area contributed by atoms with Crippen molar-refractivity contribution in [2.45, 2.75) is 57.7 Å². The first-order chi connectivity index (χ1) is 13.5. The van der Waals surface area contributed by atoms with Gasteiger partial charge in [-0.2, -0.15) is 0 Å². The zero-order valence-corrected chi connectivity index (χ0v) is 17.7. The van der Waals surface area contributed by atoms with Gasteiger partial charge >= 0.3 is 0 Å². The summed E-state index contributed by atoms with van der Waals surface area (Å²) in [6.07, 6.45) is 12.6. The number of fused-ring (bicyclic) bond motifs is 1. The smallest absolute Gasteiger partial charge is 0.0974 e. The van der Waals surface area contributed by atoms with Crippen molar-refractivity contribution in [3.05, 3.63) is 59.2 Å². The number of benzene rings is 1. The Hall–Kier alpha value is -1.42. The molecular formula is C25H37NO2. The number of aliphatic hydroxyl groups is 2. The van der Waals surface area contributed by atoms with Gasteiger partial charge in [0, 0.05) is 5.92 Å². The molecule has 2 aliphatic rings. The van der Waals surface area contributed by atoms with E-state index in [-0.39, 0.29) is 12.0 Å². The number of allylic oxidation sites excluding steroid dienone is 2. The van der Waals surface area contributed by atoms with E-state index in [2.05, 4.69) is 31.1 Å². The van der Waals surface area contributed by atoms with E-state index in [0.717, 1.165) is 24.0 Å². The molecule has 3 nitrogen and oxygen atoms in total. The fraction of sp³-hybridized carbons (Fsp3) is 0.600. The summed E-state index contributed by atoms with van der Waals surface area (Å²) in [7, 11) is 4.27. The molecule has 0 heterocycles. The van der Waals surface area contributed by atoms with Gasteiger partial charge in [0.2, 0.25) is 0 Å². The van der Waals surface area contributed by atoms with Crippen LogP contribution in [0.2, 0.25) is 0 Å². The van der Waals surface area contributed by atoms with Gasteiger partial charge in [-0.15, -0.1) is 0 Å². The standard InChI is InChI=1S/C25H37NO2/c1-18-9-6-7-11-21(18)24(27)13-12-22-23-16-19(15-20(23)17-25(22)28)10-5-4-8-14-26(2)3/h6-7,9,11-13,15,20,22-25,27-28H,4-5,8,10,14,16-17H2,1-3H3/t20-,22+,23-,24-,25+/m0/s1. The molecular weight excluding hydrogens is 346 g/mol. The Kier molecular flexibility index (Phi) is 7.50. The Morgan fingerprint density at radius 1 is 1.18 bits per heavy atom. The summed E-state index contributed by atoms with van der Waals surface area (Å²) >= 11 is 0. The molecule has 2 aliphatic carbocycles. The highest BCUT2D eigenvalue weighted by atomic mass is 16.3. The van der Waals surface area contributed by atoms with E-state index in [1.165, 1.54) is 32.2 Å². The number of nitrogens with zero attached hydrogens (tertiary/aromatic N) is 1. The van der Waals surface area contributed by atoms with Gasteiger partial charge in [-0.25, -0.2) is 0 Å². The van der Waals surface area contributed by atoms with Crippen LogP contribution in [0.15, 0.2) is 48.1 Å². The van der Waals surface area contributed by atoms with E-state index < -0.39 is 6.10 Å². The number of unbranched alkanes of at least 4 members (excludes halogenated alkanes) is 2. The first-order valence-electron chi connectivity index (χ1n) is 10.9. The molecule has 0 aromatic heterocycles. The second-order valence-electron chi connectivity index (χ2n) is 9.04. The molecule has 1 saturated carbocycles. The quantitative estimate of drug-likeness (QED) is 0.482. The van der Waals surface area contributed by atoms with Gasteiger partial charge in [0.1, 0.15) is 0 Å². The average Bonchev–Trinajstić information content (AvgIpc) is 3.16. The second kappa shape index (κ2) is 9.87. The lowest BCUT2D eigenvalue weighted by Crippen LogP contribution is -2.17. The van der Waals surface area contributed by atoms with Gasteiger partial charge in [0.15, 0.2) is 0 Å². The summed E-state index contributed by atoms with van der Waals surface area (Å²) in [6, 6.07) is 7.96. The first-order valence-corrected chi connectivity index (χ1v) is 10.9. The minimum atomic E-state index is -0.599. The number of rotatable bonds is 9. The highest BCUT2D eigenvalue weighted by Gasteiger charge is 2.43. The van der Waals surface area contributed by atoms with Gasteiger partial charge < -0.3 is 15.1 Å². The largest absolute Gasteiger partial charge is 0.392 e. The van der Waals surface area contributed by atoms with Crippen molar-refractivity contribution in [2.75, 3.05) is 20.6 Å². The molecule has 0 bridgehead atoms. The molecule has 5 atom stereocenters. The third kappa shape index (κ3) is 5.34. The van der Waals surface area contributed by atoms with Crippen molar-refractivity contribution in [1.82, 2.24) is 4.90 Å². The fourth-order valence-corrected chi connectivity index (χ4v) is 5.00. The number of hydrogen-bond acceptors (Lipinski definition) is 3. The van der Waals surface area contributed by atoms with Crippen LogP contribution in [0.5, 0.6) is 0 Å². The predicted molar refractivity (Wildman–Crippen MR) is 116 cm³/mol. The maximum Gasteiger partial charge on any atom is 0.0974 e. The minimum absolute atomic E-state index is 0.158. The predicted octanol–water partition coefficient (Wildman–Crippen LogP) is 4.65. The van der Waals surface area contributed by atoms with E-state index in [1.54, 1.807) is 5.57 Å². The third-order valence-corrected chi connectivity index (χ3v) is 6.58. The Morgan fingerprint density at radius 2 is 1.96 bits per heavy atom. The van der Waals surface area contributed by atoms with E-state index in [9.17, 15) is 10.2 Å². The maximum atomic E-state index is 10.6. The van der Waals surface area contributed by atoms with Gasteiger partial charge in [-0.05, 0) is 82.6 Å². The summed E-state index contributed by atoms with van der Waals surface area (Å²) in [6.45, 7) is 3.20. The molecule has 3 heteroatoms. The monoisotopic (exact) mass is 383 g/mol. The lowest BCUT2D eigenvalue weighted by atomic mass is 9.88. The summed E-state index contributed by atoms with van der Waals surface area (Å²) < 4.78 is 0. The molecule has 1 aromatic rings. The minimum Gasteiger partial charge on any atom is -0.392 e. The van der Waals surface area contributed by atoms with Crippen molar-refractivity contribution < 1.29 is 10.2 Å². The summed E-state index contributed by atoms with van der Waals surface area (Å²) in [5, 5.41) is 21.1. The number of aliphatic hydroxyl groups excluding tert-OH is 2. The molecule has 0 amide bonds. The highest BCUT2D eigenvalue weighted by molar-refractivity contribution is 5.30. The van der Waals surface area contributed by atoms with Crippen molar-refractivity contribution in [1.29, 1.82) is 0 Å². The third-order valence-electron chi connectivity index (χ3n) is 6.58. The van der Waals surface area contributed by atoms with Gasteiger partial charge in [-0.3, -0.25) is 0 Å². The molecule has 0 spiro atoms. The number of hydrogen-bond donors (Lipinski definition) is 2. The lowest BCUT2D eigenvalue weighted by Gasteiger charge is -2.19. The van der Waals surface area contributed by atoms with Crippen molar-refractivity contribution >= 4 is 0 Å². The van der Waals surface area contributed by atoms with Crippen LogP contribution >= 0.6 is 0 Å². The SMILES string of the molecule is Cc1ccccc1[C@@H](O)C=C[C@@H]1[C@H]2CC(CCCCCN(C)C)=C[C@H]2C[C@H]1O. The molecule has 154 valence electrons. The molecule has 0 aliphatic heterocycles. The van der Waals surface area contributed by atoms with Gasteiger partial charge in [0.25, 0.3) is 0 Å². The van der Waals surface area contributed by atoms with Crippen LogP contribution in [0.3, 0.4) is 0 Å². The van der Waals surface area contributed by atoms with Crippen LogP contribution in [0.4, 0.5) is 0 Å². The van der Waals surface area contributed by atoms with Crippen LogP contribution in [0.25, 0.3) is 0 Å². The van der Waals surface area contributed by atoms with E-state index in [1.807, 2.05) is 37.3 Å². The molecule has 0 unspecified atom stereocenters. The molecule has 1 aromatic carbocycles. The Bertz CT molecular complexity index is 694. The van der Waals surface area contributed by atoms with Crippen molar-refractivity contribution in [3.63, 3.8) is 0 Å². The summed E-state index contributed by atoms with van der Waals surface area (Å²) in [5.41, 5.74) is 3.64. The second-order valence-corrected chi connectivity index (χ2v) is 9.04. The maximum absolute atomic E-state index is 10.6. The molecule has 28 heavy (non-hydrogen) atoms. The summed E-state index contributed by atoms with van der Waals surface area (Å²) in [4.78, 5) is 2.25. The number of aryl methyl sites for hydroxylation is 1. The molecule has 2 N–H and O–H groups in total. The van der Waals surface area contributed by atoms with Gasteiger partial charge in [-0.1, -0.05) is 54.5 Å². The molecule has 0 saturated heterocycles. The van der Waals surface area contributed by atoms with Crippen molar-refractivity contribution in [3.8, 4) is 0 Å². The van der Waals surface area contributed by atoms with E-state index in [4.69, 9.17) is 0 Å². The Balaban J connectivity index is 1.52. The summed E-state index contributed by atoms with van der Waals surface area (Å²) in [5.74, 6) is 1.18. The first kappa shape index (κ1) is 21.3.